The number of nitrogens with one attached hydrogen (secondary N) is 1. The fraction of sp³-hybridized carbons (Fsp3) is 0.444. The highest BCUT2D eigenvalue weighted by Crippen LogP contribution is 1.93. The average molecular weight is 169 g/mol. The first-order valence-electron chi connectivity index (χ1n) is 3.96. The minimum Gasteiger partial charge on any atom is -0.395 e. The molecular formula is C9H15NO2. The van der Waals surface area contributed by atoms with Crippen LogP contribution in [0.1, 0.15) is 13.3 Å². The highest BCUT2D eigenvalue weighted by Gasteiger charge is 2.00. The molecule has 0 bridgehead atoms. The van der Waals surface area contributed by atoms with E-state index < -0.39 is 0 Å². The quantitative estimate of drug-likeness (QED) is 0.468. The van der Waals surface area contributed by atoms with E-state index in [0.717, 1.165) is 6.42 Å². The molecule has 3 heteroatoms. The maximum atomic E-state index is 11.0. The predicted octanol–water partition coefficient (Wildman–Crippen LogP) is 0.617. The van der Waals surface area contributed by atoms with Gasteiger partial charge < -0.3 is 10.4 Å². The van der Waals surface area contributed by atoms with Crippen LogP contribution in [0.2, 0.25) is 0 Å². The summed E-state index contributed by atoms with van der Waals surface area (Å²) >= 11 is 0. The first-order valence-corrected chi connectivity index (χ1v) is 3.96. The molecule has 0 unspecified atom stereocenters. The third-order valence-corrected chi connectivity index (χ3v) is 1.24. The van der Waals surface area contributed by atoms with Crippen LogP contribution < -0.4 is 5.32 Å². The third kappa shape index (κ3) is 4.68. The van der Waals surface area contributed by atoms with Gasteiger partial charge in [-0.25, -0.2) is 0 Å². The van der Waals surface area contributed by atoms with Crippen LogP contribution >= 0.6 is 0 Å². The molecule has 68 valence electrons. The summed E-state index contributed by atoms with van der Waals surface area (Å²) in [5.74, 6) is -0.228. The van der Waals surface area contributed by atoms with Gasteiger partial charge in [0.1, 0.15) is 0 Å². The molecule has 0 aromatic rings. The van der Waals surface area contributed by atoms with E-state index in [9.17, 15) is 4.79 Å². The second-order valence-electron chi connectivity index (χ2n) is 2.32. The monoisotopic (exact) mass is 169 g/mol. The third-order valence-electron chi connectivity index (χ3n) is 1.24. The van der Waals surface area contributed by atoms with E-state index in [1.807, 2.05) is 13.0 Å². The number of carbonyl (C=O) groups is 1. The molecule has 0 aliphatic rings. The lowest BCUT2D eigenvalue weighted by Gasteiger charge is -2.01. The number of aliphatic hydroxyl groups is 1. The van der Waals surface area contributed by atoms with E-state index in [4.69, 9.17) is 5.11 Å². The maximum absolute atomic E-state index is 11.0. The van der Waals surface area contributed by atoms with Crippen LogP contribution in [0.25, 0.3) is 0 Å². The molecule has 0 aliphatic carbocycles. The zero-order valence-corrected chi connectivity index (χ0v) is 7.34. The molecule has 0 spiro atoms. The minimum atomic E-state index is -0.228. The zero-order valence-electron chi connectivity index (χ0n) is 7.34. The summed E-state index contributed by atoms with van der Waals surface area (Å²) in [7, 11) is 0. The number of aliphatic hydroxyl groups excluding tert-OH is 1. The SMILES string of the molecule is C=C(/C=C\CC)C(=O)NCCO. The molecule has 0 aliphatic heterocycles. The van der Waals surface area contributed by atoms with Gasteiger partial charge in [0.2, 0.25) is 0 Å². The lowest BCUT2D eigenvalue weighted by atomic mass is 10.2. The highest BCUT2D eigenvalue weighted by molar-refractivity contribution is 5.95. The Balaban J connectivity index is 3.77. The molecular weight excluding hydrogens is 154 g/mol. The van der Waals surface area contributed by atoms with E-state index in [2.05, 4.69) is 11.9 Å². The molecule has 0 aromatic carbocycles. The lowest BCUT2D eigenvalue weighted by Crippen LogP contribution is -2.26. The van der Waals surface area contributed by atoms with E-state index in [1.54, 1.807) is 6.08 Å². The van der Waals surface area contributed by atoms with Crippen LogP contribution in [0, 0.1) is 0 Å². The van der Waals surface area contributed by atoms with Crippen molar-refractivity contribution < 1.29 is 9.90 Å². The van der Waals surface area contributed by atoms with Crippen molar-refractivity contribution in [2.75, 3.05) is 13.2 Å². The van der Waals surface area contributed by atoms with Gasteiger partial charge in [0, 0.05) is 12.1 Å². The van der Waals surface area contributed by atoms with Gasteiger partial charge in [-0.15, -0.1) is 0 Å². The summed E-state index contributed by atoms with van der Waals surface area (Å²) in [4.78, 5) is 11.0. The van der Waals surface area contributed by atoms with Crippen molar-refractivity contribution in [3.63, 3.8) is 0 Å². The van der Waals surface area contributed by atoms with Crippen LogP contribution in [-0.4, -0.2) is 24.2 Å². The van der Waals surface area contributed by atoms with Gasteiger partial charge in [-0.05, 0) is 6.42 Å². The van der Waals surface area contributed by atoms with Crippen molar-refractivity contribution in [3.05, 3.63) is 24.3 Å². The van der Waals surface area contributed by atoms with Crippen molar-refractivity contribution in [2.45, 2.75) is 13.3 Å². The van der Waals surface area contributed by atoms with Crippen molar-refractivity contribution >= 4 is 5.91 Å². The highest BCUT2D eigenvalue weighted by atomic mass is 16.3. The van der Waals surface area contributed by atoms with Gasteiger partial charge in [0.05, 0.1) is 6.61 Å². The Hall–Kier alpha value is -1.09. The summed E-state index contributed by atoms with van der Waals surface area (Å²) in [6, 6.07) is 0. The smallest absolute Gasteiger partial charge is 0.250 e. The number of carbonyl (C=O) groups excluding carboxylic acids is 1. The molecule has 12 heavy (non-hydrogen) atoms. The summed E-state index contributed by atoms with van der Waals surface area (Å²) in [5, 5.41) is 10.9. The minimum absolute atomic E-state index is 0.0451. The van der Waals surface area contributed by atoms with E-state index in [-0.39, 0.29) is 19.1 Å². The standard InChI is InChI=1S/C9H15NO2/c1-3-4-5-8(2)9(12)10-6-7-11/h4-5,11H,2-3,6-7H2,1H3,(H,10,12)/b5-4-. The Morgan fingerprint density at radius 2 is 2.33 bits per heavy atom. The van der Waals surface area contributed by atoms with Crippen LogP contribution in [0.4, 0.5) is 0 Å². The average Bonchev–Trinajstić information content (AvgIpc) is 2.10. The molecule has 0 rings (SSSR count). The topological polar surface area (TPSA) is 49.3 Å². The fourth-order valence-corrected chi connectivity index (χ4v) is 0.619. The molecule has 0 radical (unpaired) electrons. The van der Waals surface area contributed by atoms with Crippen LogP contribution in [0.5, 0.6) is 0 Å². The van der Waals surface area contributed by atoms with E-state index >= 15 is 0 Å². The molecule has 2 N–H and O–H groups in total. The van der Waals surface area contributed by atoms with Gasteiger partial charge in [0.25, 0.3) is 5.91 Å². The molecule has 0 aromatic heterocycles. The summed E-state index contributed by atoms with van der Waals surface area (Å²) in [5.41, 5.74) is 0.422. The van der Waals surface area contributed by atoms with E-state index in [1.165, 1.54) is 0 Å². The van der Waals surface area contributed by atoms with Gasteiger partial charge in [-0.3, -0.25) is 4.79 Å². The summed E-state index contributed by atoms with van der Waals surface area (Å²) in [6.45, 7) is 5.78. The second-order valence-corrected chi connectivity index (χ2v) is 2.32. The molecule has 0 saturated heterocycles. The Morgan fingerprint density at radius 3 is 2.83 bits per heavy atom. The summed E-state index contributed by atoms with van der Waals surface area (Å²) in [6.07, 6.45) is 4.42. The van der Waals surface area contributed by atoms with Gasteiger partial charge in [-0.1, -0.05) is 25.7 Å². The van der Waals surface area contributed by atoms with Crippen molar-refractivity contribution in [1.82, 2.24) is 5.32 Å². The van der Waals surface area contributed by atoms with Crippen LogP contribution in [-0.2, 0) is 4.79 Å². The van der Waals surface area contributed by atoms with Crippen molar-refractivity contribution in [3.8, 4) is 0 Å². The number of allylic oxidation sites excluding steroid dienone is 1. The Morgan fingerprint density at radius 1 is 1.67 bits per heavy atom. The first kappa shape index (κ1) is 10.9. The Bertz CT molecular complexity index is 185. The first-order chi connectivity index (χ1) is 5.72. The number of amides is 1. The Kier molecular flexibility index (Phi) is 6.01. The van der Waals surface area contributed by atoms with Crippen molar-refractivity contribution in [1.29, 1.82) is 0 Å². The lowest BCUT2D eigenvalue weighted by molar-refractivity contribution is -0.117. The van der Waals surface area contributed by atoms with Gasteiger partial charge >= 0.3 is 0 Å². The van der Waals surface area contributed by atoms with Crippen molar-refractivity contribution in [2.24, 2.45) is 0 Å². The maximum Gasteiger partial charge on any atom is 0.250 e. The molecule has 1 amide bonds. The molecule has 0 atom stereocenters. The van der Waals surface area contributed by atoms with Gasteiger partial charge in [0.15, 0.2) is 0 Å². The number of hydrogen-bond acceptors (Lipinski definition) is 2. The predicted molar refractivity (Wildman–Crippen MR) is 48.7 cm³/mol. The molecule has 0 saturated carbocycles. The number of hydrogen-bond donors (Lipinski definition) is 2. The number of rotatable bonds is 5. The Labute approximate surface area is 72.8 Å². The zero-order chi connectivity index (χ0) is 9.40. The second kappa shape index (κ2) is 6.61. The molecule has 3 nitrogen and oxygen atoms in total. The van der Waals surface area contributed by atoms with Crippen LogP contribution in [0.15, 0.2) is 24.3 Å². The fourth-order valence-electron chi connectivity index (χ4n) is 0.619. The molecule has 0 fully saturated rings. The largest absolute Gasteiger partial charge is 0.395 e. The van der Waals surface area contributed by atoms with Gasteiger partial charge in [-0.2, -0.15) is 0 Å². The molecule has 0 heterocycles. The van der Waals surface area contributed by atoms with Crippen LogP contribution in [0.3, 0.4) is 0 Å². The normalized spacial score (nSPS) is 10.2. The van der Waals surface area contributed by atoms with E-state index in [0.29, 0.717) is 5.57 Å². The summed E-state index contributed by atoms with van der Waals surface area (Å²) < 4.78 is 0.